The Labute approximate surface area is 136 Å². The van der Waals surface area contributed by atoms with E-state index in [4.69, 9.17) is 0 Å². The highest BCUT2D eigenvalue weighted by atomic mass is 16.3. The highest BCUT2D eigenvalue weighted by Crippen LogP contribution is 2.37. The second kappa shape index (κ2) is 6.48. The van der Waals surface area contributed by atoms with E-state index in [-0.39, 0.29) is 5.75 Å². The van der Waals surface area contributed by atoms with E-state index in [0.717, 1.165) is 11.1 Å². The summed E-state index contributed by atoms with van der Waals surface area (Å²) in [7, 11) is 1.96. The lowest BCUT2D eigenvalue weighted by atomic mass is 10.0. The molecule has 0 fully saturated rings. The van der Waals surface area contributed by atoms with E-state index in [1.165, 1.54) is 5.56 Å². The van der Waals surface area contributed by atoms with Crippen molar-refractivity contribution in [3.05, 3.63) is 71.9 Å². The molecule has 0 aliphatic heterocycles. The van der Waals surface area contributed by atoms with Crippen molar-refractivity contribution in [1.29, 1.82) is 0 Å². The molecule has 0 saturated heterocycles. The van der Waals surface area contributed by atoms with Gasteiger partial charge in [-0.25, -0.2) is 0 Å². The van der Waals surface area contributed by atoms with Crippen molar-refractivity contribution in [2.24, 2.45) is 0 Å². The highest BCUT2D eigenvalue weighted by molar-refractivity contribution is 5.81. The number of anilines is 1. The van der Waals surface area contributed by atoms with Crippen molar-refractivity contribution in [1.82, 2.24) is 10.2 Å². The van der Waals surface area contributed by atoms with Crippen molar-refractivity contribution < 1.29 is 5.11 Å². The van der Waals surface area contributed by atoms with Crippen LogP contribution in [0.1, 0.15) is 11.3 Å². The molecule has 3 aromatic rings. The zero-order chi connectivity index (χ0) is 16.2. The Morgan fingerprint density at radius 3 is 2.17 bits per heavy atom. The van der Waals surface area contributed by atoms with Gasteiger partial charge in [0.15, 0.2) is 5.82 Å². The zero-order valence-electron chi connectivity index (χ0n) is 13.3. The standard InChI is InChI=1S/C19H19N3O/c1-14-18(23)17(16-11-7-4-8-12-16)19(21-20-14)22(2)13-15-9-5-3-6-10-15/h3-12H,13H2,1-2H3,(H,21,23). The summed E-state index contributed by atoms with van der Waals surface area (Å²) in [5.74, 6) is 0.851. The van der Waals surface area contributed by atoms with Crippen LogP contribution >= 0.6 is 0 Å². The van der Waals surface area contributed by atoms with Gasteiger partial charge in [-0.05, 0) is 18.1 Å². The Hall–Kier alpha value is -2.88. The maximum absolute atomic E-state index is 10.5. The third-order valence-electron chi connectivity index (χ3n) is 3.78. The first-order valence-electron chi connectivity index (χ1n) is 7.53. The SMILES string of the molecule is Cc1nnc(N(C)Cc2ccccc2)c(-c2ccccc2)c1O. The van der Waals surface area contributed by atoms with E-state index in [1.807, 2.05) is 60.5 Å². The maximum atomic E-state index is 10.5. The number of nitrogens with zero attached hydrogens (tertiary/aromatic N) is 3. The van der Waals surface area contributed by atoms with Crippen LogP contribution < -0.4 is 4.90 Å². The predicted molar refractivity (Wildman–Crippen MR) is 92.4 cm³/mol. The molecule has 0 amide bonds. The monoisotopic (exact) mass is 305 g/mol. The highest BCUT2D eigenvalue weighted by Gasteiger charge is 2.18. The van der Waals surface area contributed by atoms with Crippen LogP contribution in [0.5, 0.6) is 5.75 Å². The Balaban J connectivity index is 2.04. The first-order valence-corrected chi connectivity index (χ1v) is 7.53. The molecular weight excluding hydrogens is 286 g/mol. The molecule has 0 aliphatic rings. The van der Waals surface area contributed by atoms with Crippen LogP contribution in [0.15, 0.2) is 60.7 Å². The zero-order valence-corrected chi connectivity index (χ0v) is 13.3. The lowest BCUT2D eigenvalue weighted by Crippen LogP contribution is -2.19. The van der Waals surface area contributed by atoms with Crippen LogP contribution in [0.25, 0.3) is 11.1 Å². The number of benzene rings is 2. The van der Waals surface area contributed by atoms with Gasteiger partial charge in [-0.1, -0.05) is 60.7 Å². The van der Waals surface area contributed by atoms with E-state index >= 15 is 0 Å². The van der Waals surface area contributed by atoms with Crippen molar-refractivity contribution >= 4 is 5.82 Å². The summed E-state index contributed by atoms with van der Waals surface area (Å²) in [4.78, 5) is 2.00. The number of hydrogen-bond acceptors (Lipinski definition) is 4. The molecule has 4 nitrogen and oxygen atoms in total. The van der Waals surface area contributed by atoms with Crippen LogP contribution in [-0.2, 0) is 6.54 Å². The molecule has 1 N–H and O–H groups in total. The van der Waals surface area contributed by atoms with E-state index in [9.17, 15) is 5.11 Å². The molecule has 0 radical (unpaired) electrons. The molecule has 1 aromatic heterocycles. The fourth-order valence-corrected chi connectivity index (χ4v) is 2.58. The van der Waals surface area contributed by atoms with Gasteiger partial charge in [-0.15, -0.1) is 10.2 Å². The van der Waals surface area contributed by atoms with Crippen molar-refractivity contribution in [3.63, 3.8) is 0 Å². The Kier molecular flexibility index (Phi) is 4.24. The quantitative estimate of drug-likeness (QED) is 0.796. The molecule has 2 aromatic carbocycles. The smallest absolute Gasteiger partial charge is 0.162 e. The summed E-state index contributed by atoms with van der Waals surface area (Å²) in [5.41, 5.74) is 3.35. The van der Waals surface area contributed by atoms with E-state index in [1.54, 1.807) is 6.92 Å². The predicted octanol–water partition coefficient (Wildman–Crippen LogP) is 3.79. The first kappa shape index (κ1) is 15.0. The molecule has 116 valence electrons. The van der Waals surface area contributed by atoms with Crippen LogP contribution in [0.2, 0.25) is 0 Å². The Bertz CT molecular complexity index is 788. The Morgan fingerprint density at radius 2 is 1.52 bits per heavy atom. The molecule has 0 bridgehead atoms. The van der Waals surface area contributed by atoms with Gasteiger partial charge in [0.1, 0.15) is 11.4 Å². The molecular formula is C19H19N3O. The van der Waals surface area contributed by atoms with E-state index < -0.39 is 0 Å². The molecule has 0 aliphatic carbocycles. The number of rotatable bonds is 4. The van der Waals surface area contributed by atoms with Gasteiger partial charge in [0.2, 0.25) is 0 Å². The summed E-state index contributed by atoms with van der Waals surface area (Å²) < 4.78 is 0. The lowest BCUT2D eigenvalue weighted by molar-refractivity contribution is 0.467. The molecule has 0 atom stereocenters. The average molecular weight is 305 g/mol. The molecule has 0 unspecified atom stereocenters. The van der Waals surface area contributed by atoms with Gasteiger partial charge in [-0.2, -0.15) is 0 Å². The van der Waals surface area contributed by atoms with Crippen LogP contribution in [0, 0.1) is 6.92 Å². The molecule has 3 rings (SSSR count). The summed E-state index contributed by atoms with van der Waals surface area (Å²) >= 11 is 0. The largest absolute Gasteiger partial charge is 0.505 e. The average Bonchev–Trinajstić information content (AvgIpc) is 2.58. The second-order valence-electron chi connectivity index (χ2n) is 5.54. The topological polar surface area (TPSA) is 49.2 Å². The summed E-state index contributed by atoms with van der Waals surface area (Å²) in [6.07, 6.45) is 0. The fraction of sp³-hybridized carbons (Fsp3) is 0.158. The van der Waals surface area contributed by atoms with Crippen LogP contribution in [0.4, 0.5) is 5.82 Å². The third-order valence-corrected chi connectivity index (χ3v) is 3.78. The van der Waals surface area contributed by atoms with Gasteiger partial charge in [0.05, 0.1) is 5.56 Å². The van der Waals surface area contributed by atoms with Gasteiger partial charge >= 0.3 is 0 Å². The normalized spacial score (nSPS) is 10.5. The minimum absolute atomic E-state index is 0.182. The Morgan fingerprint density at radius 1 is 0.913 bits per heavy atom. The first-order chi connectivity index (χ1) is 11.2. The van der Waals surface area contributed by atoms with Crippen molar-refractivity contribution in [2.45, 2.75) is 13.5 Å². The van der Waals surface area contributed by atoms with Gasteiger partial charge in [0, 0.05) is 13.6 Å². The molecule has 23 heavy (non-hydrogen) atoms. The molecule has 0 saturated carbocycles. The number of aryl methyl sites for hydroxylation is 1. The van der Waals surface area contributed by atoms with Gasteiger partial charge < -0.3 is 10.0 Å². The van der Waals surface area contributed by atoms with Gasteiger partial charge in [-0.3, -0.25) is 0 Å². The van der Waals surface area contributed by atoms with E-state index in [2.05, 4.69) is 22.3 Å². The third kappa shape index (κ3) is 3.16. The minimum Gasteiger partial charge on any atom is -0.505 e. The van der Waals surface area contributed by atoms with Gasteiger partial charge in [0.25, 0.3) is 0 Å². The maximum Gasteiger partial charge on any atom is 0.162 e. The van der Waals surface area contributed by atoms with Crippen LogP contribution in [-0.4, -0.2) is 22.4 Å². The lowest BCUT2D eigenvalue weighted by Gasteiger charge is -2.22. The minimum atomic E-state index is 0.182. The summed E-state index contributed by atoms with van der Waals surface area (Å²) in [5, 5.41) is 18.9. The van der Waals surface area contributed by atoms with E-state index in [0.29, 0.717) is 18.1 Å². The molecule has 4 heteroatoms. The fourth-order valence-electron chi connectivity index (χ4n) is 2.58. The van der Waals surface area contributed by atoms with Crippen molar-refractivity contribution in [3.8, 4) is 16.9 Å². The summed E-state index contributed by atoms with van der Waals surface area (Å²) in [6.45, 7) is 2.45. The second-order valence-corrected chi connectivity index (χ2v) is 5.54. The summed E-state index contributed by atoms with van der Waals surface area (Å²) in [6, 6.07) is 20.0. The number of aromatic nitrogens is 2. The number of hydrogen-bond donors (Lipinski definition) is 1. The molecule has 1 heterocycles. The van der Waals surface area contributed by atoms with Crippen molar-refractivity contribution in [2.75, 3.05) is 11.9 Å². The molecule has 0 spiro atoms. The number of aromatic hydroxyl groups is 1. The van der Waals surface area contributed by atoms with Crippen LogP contribution in [0.3, 0.4) is 0 Å².